The molecule has 4 nitrogen and oxygen atoms in total. The molecule has 0 unspecified atom stereocenters. The average Bonchev–Trinajstić information content (AvgIpc) is 2.33. The highest BCUT2D eigenvalue weighted by Crippen LogP contribution is 2.29. The quantitative estimate of drug-likeness (QED) is 0.904. The van der Waals surface area contributed by atoms with Gasteiger partial charge < -0.3 is 10.2 Å². The largest absolute Gasteiger partial charge is 0.336 e. The van der Waals surface area contributed by atoms with E-state index in [0.29, 0.717) is 22.2 Å². The lowest BCUT2D eigenvalue weighted by Gasteiger charge is -2.18. The monoisotopic (exact) mass is 316 g/mol. The van der Waals surface area contributed by atoms with Gasteiger partial charge in [0.15, 0.2) is 0 Å². The Labute approximate surface area is 129 Å². The molecular formula is C14H18Cl2N2O2. The van der Waals surface area contributed by atoms with E-state index in [1.807, 2.05) is 13.8 Å². The zero-order chi connectivity index (χ0) is 15.3. The summed E-state index contributed by atoms with van der Waals surface area (Å²) in [6.45, 7) is 3.87. The van der Waals surface area contributed by atoms with Crippen LogP contribution in [0.3, 0.4) is 0 Å². The maximum Gasteiger partial charge on any atom is 0.244 e. The van der Waals surface area contributed by atoms with Gasteiger partial charge in [0, 0.05) is 13.5 Å². The molecule has 1 aromatic rings. The van der Waals surface area contributed by atoms with Crippen molar-refractivity contribution in [2.45, 2.75) is 20.3 Å². The molecule has 1 N–H and O–H groups in total. The van der Waals surface area contributed by atoms with Crippen LogP contribution in [0.25, 0.3) is 0 Å². The van der Waals surface area contributed by atoms with Gasteiger partial charge >= 0.3 is 0 Å². The van der Waals surface area contributed by atoms with Crippen LogP contribution in [0.2, 0.25) is 10.0 Å². The average molecular weight is 317 g/mol. The zero-order valence-corrected chi connectivity index (χ0v) is 13.3. The number of para-hydroxylation sites is 1. The third kappa shape index (κ3) is 5.02. The van der Waals surface area contributed by atoms with Crippen molar-refractivity contribution in [1.29, 1.82) is 0 Å². The van der Waals surface area contributed by atoms with Crippen LogP contribution in [0, 0.1) is 5.92 Å². The molecule has 0 bridgehead atoms. The SMILES string of the molecule is CC(C)CC(=O)N(C)CC(=O)Nc1c(Cl)cccc1Cl. The Morgan fingerprint density at radius 2 is 1.80 bits per heavy atom. The van der Waals surface area contributed by atoms with Crippen LogP contribution in [0.15, 0.2) is 18.2 Å². The number of anilines is 1. The first-order chi connectivity index (χ1) is 9.31. The number of hydrogen-bond donors (Lipinski definition) is 1. The number of benzene rings is 1. The van der Waals surface area contributed by atoms with Crippen molar-refractivity contribution in [3.8, 4) is 0 Å². The standard InChI is InChI=1S/C14H18Cl2N2O2/c1-9(2)7-13(20)18(3)8-12(19)17-14-10(15)5-4-6-11(14)16/h4-6,9H,7-8H2,1-3H3,(H,17,19). The van der Waals surface area contributed by atoms with Crippen molar-refractivity contribution in [1.82, 2.24) is 4.90 Å². The Bertz CT molecular complexity index is 484. The van der Waals surface area contributed by atoms with Crippen LogP contribution in [0.1, 0.15) is 20.3 Å². The predicted molar refractivity (Wildman–Crippen MR) is 82.2 cm³/mol. The van der Waals surface area contributed by atoms with E-state index in [1.54, 1.807) is 25.2 Å². The van der Waals surface area contributed by atoms with Gasteiger partial charge in [0.25, 0.3) is 0 Å². The molecule has 1 aromatic carbocycles. The lowest BCUT2D eigenvalue weighted by atomic mass is 10.1. The summed E-state index contributed by atoms with van der Waals surface area (Å²) in [6.07, 6.45) is 0.413. The summed E-state index contributed by atoms with van der Waals surface area (Å²) in [5, 5.41) is 3.35. The van der Waals surface area contributed by atoms with Gasteiger partial charge in [-0.15, -0.1) is 0 Å². The van der Waals surface area contributed by atoms with Crippen molar-refractivity contribution in [2.75, 3.05) is 18.9 Å². The number of rotatable bonds is 5. The number of likely N-dealkylation sites (N-methyl/N-ethyl adjacent to an activating group) is 1. The molecule has 0 fully saturated rings. The van der Waals surface area contributed by atoms with Gasteiger partial charge in [-0.2, -0.15) is 0 Å². The maximum absolute atomic E-state index is 11.9. The molecule has 0 aliphatic heterocycles. The Morgan fingerprint density at radius 1 is 1.25 bits per heavy atom. The molecule has 0 atom stereocenters. The summed E-state index contributed by atoms with van der Waals surface area (Å²) >= 11 is 11.9. The van der Waals surface area contributed by atoms with Gasteiger partial charge in [-0.3, -0.25) is 9.59 Å². The van der Waals surface area contributed by atoms with Gasteiger partial charge in [-0.05, 0) is 18.1 Å². The van der Waals surface area contributed by atoms with E-state index in [9.17, 15) is 9.59 Å². The second-order valence-electron chi connectivity index (χ2n) is 4.99. The zero-order valence-electron chi connectivity index (χ0n) is 11.7. The van der Waals surface area contributed by atoms with E-state index in [4.69, 9.17) is 23.2 Å². The number of hydrogen-bond acceptors (Lipinski definition) is 2. The molecule has 0 aliphatic rings. The minimum absolute atomic E-state index is 0.0346. The van der Waals surface area contributed by atoms with Crippen molar-refractivity contribution >= 4 is 40.7 Å². The summed E-state index contributed by atoms with van der Waals surface area (Å²) in [5.41, 5.74) is 0.366. The van der Waals surface area contributed by atoms with Gasteiger partial charge in [-0.25, -0.2) is 0 Å². The van der Waals surface area contributed by atoms with Crippen LogP contribution in [-0.2, 0) is 9.59 Å². The summed E-state index contributed by atoms with van der Waals surface area (Å²) in [6, 6.07) is 4.96. The number of nitrogens with zero attached hydrogens (tertiary/aromatic N) is 1. The predicted octanol–water partition coefficient (Wildman–Crippen LogP) is 3.44. The van der Waals surface area contributed by atoms with Crippen molar-refractivity contribution in [3.63, 3.8) is 0 Å². The molecule has 0 spiro atoms. The van der Waals surface area contributed by atoms with Crippen molar-refractivity contribution in [3.05, 3.63) is 28.2 Å². The first-order valence-electron chi connectivity index (χ1n) is 6.29. The molecule has 1 rings (SSSR count). The molecule has 0 radical (unpaired) electrons. The van der Waals surface area contributed by atoms with Crippen molar-refractivity contribution < 1.29 is 9.59 Å². The summed E-state index contributed by atoms with van der Waals surface area (Å²) in [7, 11) is 1.60. The van der Waals surface area contributed by atoms with Gasteiger partial charge in [0.1, 0.15) is 0 Å². The molecule has 0 saturated heterocycles. The van der Waals surface area contributed by atoms with Gasteiger partial charge in [0.05, 0.1) is 22.3 Å². The third-order valence-corrected chi connectivity index (χ3v) is 3.25. The number of carbonyl (C=O) groups is 2. The number of halogens is 2. The maximum atomic E-state index is 11.9. The smallest absolute Gasteiger partial charge is 0.244 e. The lowest BCUT2D eigenvalue weighted by Crippen LogP contribution is -2.35. The van der Waals surface area contributed by atoms with Crippen molar-refractivity contribution in [2.24, 2.45) is 5.92 Å². The second-order valence-corrected chi connectivity index (χ2v) is 5.81. The van der Waals surface area contributed by atoms with Crippen LogP contribution in [-0.4, -0.2) is 30.3 Å². The van der Waals surface area contributed by atoms with Crippen LogP contribution in [0.5, 0.6) is 0 Å². The first-order valence-corrected chi connectivity index (χ1v) is 7.04. The summed E-state index contributed by atoms with van der Waals surface area (Å²) in [4.78, 5) is 25.1. The number of carbonyl (C=O) groups excluding carboxylic acids is 2. The fourth-order valence-electron chi connectivity index (χ4n) is 1.60. The molecule has 0 aliphatic carbocycles. The highest BCUT2D eigenvalue weighted by atomic mass is 35.5. The van der Waals surface area contributed by atoms with E-state index in [1.165, 1.54) is 4.90 Å². The van der Waals surface area contributed by atoms with E-state index < -0.39 is 0 Å². The van der Waals surface area contributed by atoms with Crippen LogP contribution in [0.4, 0.5) is 5.69 Å². The fraction of sp³-hybridized carbons (Fsp3) is 0.429. The second kappa shape index (κ2) is 7.50. The molecule has 0 saturated carbocycles. The highest BCUT2D eigenvalue weighted by Gasteiger charge is 2.15. The Morgan fingerprint density at radius 3 is 2.30 bits per heavy atom. The molecule has 20 heavy (non-hydrogen) atoms. The van der Waals surface area contributed by atoms with E-state index in [0.717, 1.165) is 0 Å². The minimum Gasteiger partial charge on any atom is -0.336 e. The summed E-state index contributed by atoms with van der Waals surface area (Å²) < 4.78 is 0. The minimum atomic E-state index is -0.334. The van der Waals surface area contributed by atoms with Crippen LogP contribution >= 0.6 is 23.2 Å². The first kappa shape index (κ1) is 16.8. The normalized spacial score (nSPS) is 10.5. The summed E-state index contributed by atoms with van der Waals surface area (Å²) in [5.74, 6) is -0.147. The highest BCUT2D eigenvalue weighted by molar-refractivity contribution is 6.39. The molecule has 2 amide bonds. The van der Waals surface area contributed by atoms with Gasteiger partial charge in [-0.1, -0.05) is 43.1 Å². The number of nitrogens with one attached hydrogen (secondary N) is 1. The molecule has 0 aromatic heterocycles. The molecule has 110 valence electrons. The van der Waals surface area contributed by atoms with Gasteiger partial charge in [0.2, 0.25) is 11.8 Å². The topological polar surface area (TPSA) is 49.4 Å². The van der Waals surface area contributed by atoms with E-state index in [-0.39, 0.29) is 24.3 Å². The van der Waals surface area contributed by atoms with E-state index >= 15 is 0 Å². The Balaban J connectivity index is 2.62. The molecular weight excluding hydrogens is 299 g/mol. The van der Waals surface area contributed by atoms with E-state index in [2.05, 4.69) is 5.32 Å². The lowest BCUT2D eigenvalue weighted by molar-refractivity contribution is -0.133. The third-order valence-electron chi connectivity index (χ3n) is 2.62. The van der Waals surface area contributed by atoms with Crippen LogP contribution < -0.4 is 5.32 Å². The Hall–Kier alpha value is -1.26. The number of amides is 2. The Kier molecular flexibility index (Phi) is 6.30. The fourth-order valence-corrected chi connectivity index (χ4v) is 2.10. The molecule has 0 heterocycles. The molecule has 6 heteroatoms.